The third-order valence-corrected chi connectivity index (χ3v) is 4.60. The van der Waals surface area contributed by atoms with Crippen LogP contribution in [0.1, 0.15) is 79.7 Å². The molecule has 0 amide bonds. The molecule has 0 fully saturated rings. The minimum atomic E-state index is -1.16. The van der Waals surface area contributed by atoms with Gasteiger partial charge in [-0.25, -0.2) is 13.2 Å². The maximum Gasteiger partial charge on any atom is 0.177 e. The standard InChI is InChI=1S/C15H22F3N.C9H13NO.C2H6/c1-3-5-10(6-4-2)15(19)8-11-7-13(17)14(18)9-12(11)16;1-4-6-7-10-9(5-2)8(3)11;1-2/h7,9-10,15H,3-6,8,19H2,1-2H3;4-7H,1-3H3;1-2H3/b;6-4-,9-5-,10-7-;. The molecule has 1 aromatic carbocycles. The van der Waals surface area contributed by atoms with Crippen LogP contribution in [-0.2, 0) is 11.2 Å². The predicted octanol–water partition coefficient (Wildman–Crippen LogP) is 7.34. The van der Waals surface area contributed by atoms with E-state index in [-0.39, 0.29) is 23.8 Å². The van der Waals surface area contributed by atoms with Crippen LogP contribution >= 0.6 is 0 Å². The first-order chi connectivity index (χ1) is 15.2. The van der Waals surface area contributed by atoms with Gasteiger partial charge in [-0.15, -0.1) is 0 Å². The summed E-state index contributed by atoms with van der Waals surface area (Å²) in [7, 11) is 0. The zero-order chi connectivity index (χ0) is 25.1. The summed E-state index contributed by atoms with van der Waals surface area (Å²) < 4.78 is 39.5. The molecule has 0 aromatic heterocycles. The van der Waals surface area contributed by atoms with E-state index in [1.807, 2.05) is 26.8 Å². The minimum absolute atomic E-state index is 0.00625. The van der Waals surface area contributed by atoms with Crippen LogP contribution in [0.15, 0.2) is 41.1 Å². The van der Waals surface area contributed by atoms with E-state index in [4.69, 9.17) is 5.73 Å². The topological polar surface area (TPSA) is 55.4 Å². The Morgan fingerprint density at radius 3 is 2.00 bits per heavy atom. The molecule has 0 bridgehead atoms. The summed E-state index contributed by atoms with van der Waals surface area (Å²) >= 11 is 0. The van der Waals surface area contributed by atoms with Crippen molar-refractivity contribution in [3.63, 3.8) is 0 Å². The van der Waals surface area contributed by atoms with Crippen molar-refractivity contribution in [2.45, 2.75) is 86.6 Å². The van der Waals surface area contributed by atoms with Gasteiger partial charge in [-0.3, -0.25) is 9.79 Å². The fraction of sp³-hybridized carbons (Fsp3) is 0.538. The molecule has 0 saturated carbocycles. The second-order valence-corrected chi connectivity index (χ2v) is 7.10. The van der Waals surface area contributed by atoms with Gasteiger partial charge in [-0.2, -0.15) is 0 Å². The molecule has 0 aliphatic rings. The van der Waals surface area contributed by atoms with Crippen molar-refractivity contribution in [1.29, 1.82) is 0 Å². The summed E-state index contributed by atoms with van der Waals surface area (Å²) in [5, 5.41) is 0. The lowest BCUT2D eigenvalue weighted by Crippen LogP contribution is -2.32. The fourth-order valence-corrected chi connectivity index (χ4v) is 3.03. The van der Waals surface area contributed by atoms with Crippen molar-refractivity contribution in [3.8, 4) is 0 Å². The molecular weight excluding hydrogens is 413 g/mol. The number of aliphatic imine (C=N–C) groups is 1. The molecule has 0 aliphatic carbocycles. The van der Waals surface area contributed by atoms with Gasteiger partial charge >= 0.3 is 0 Å². The van der Waals surface area contributed by atoms with Crippen LogP contribution in [0.5, 0.6) is 0 Å². The lowest BCUT2D eigenvalue weighted by Gasteiger charge is -2.23. The van der Waals surface area contributed by atoms with E-state index in [1.165, 1.54) is 6.92 Å². The Balaban J connectivity index is 0. The first kappa shape index (κ1) is 32.0. The number of benzene rings is 1. The van der Waals surface area contributed by atoms with Crippen LogP contribution < -0.4 is 5.73 Å². The number of nitrogens with two attached hydrogens (primary N) is 1. The van der Waals surface area contributed by atoms with Crippen molar-refractivity contribution in [3.05, 3.63) is 59.1 Å². The van der Waals surface area contributed by atoms with Gasteiger partial charge in [-0.05, 0) is 56.7 Å². The highest BCUT2D eigenvalue weighted by molar-refractivity contribution is 5.94. The molecule has 1 rings (SSSR count). The summed E-state index contributed by atoms with van der Waals surface area (Å²) in [5.74, 6) is -2.61. The highest BCUT2D eigenvalue weighted by Crippen LogP contribution is 2.22. The highest BCUT2D eigenvalue weighted by atomic mass is 19.2. The monoisotopic (exact) mass is 454 g/mol. The average Bonchev–Trinajstić information content (AvgIpc) is 2.76. The molecule has 2 N–H and O–H groups in total. The van der Waals surface area contributed by atoms with Crippen molar-refractivity contribution in [2.24, 2.45) is 16.6 Å². The molecule has 1 unspecified atom stereocenters. The number of Topliss-reactive ketones (excluding diaryl/α,β-unsaturated/α-hetero) is 1. The van der Waals surface area contributed by atoms with Gasteiger partial charge in [0.1, 0.15) is 11.5 Å². The van der Waals surface area contributed by atoms with Gasteiger partial charge < -0.3 is 5.73 Å². The van der Waals surface area contributed by atoms with Gasteiger partial charge in [0, 0.05) is 25.2 Å². The second-order valence-electron chi connectivity index (χ2n) is 7.10. The maximum absolute atomic E-state index is 13.6. The molecular formula is C26H41F3N2O. The number of allylic oxidation sites excluding steroid dienone is 4. The molecule has 0 radical (unpaired) electrons. The van der Waals surface area contributed by atoms with E-state index < -0.39 is 17.5 Å². The van der Waals surface area contributed by atoms with Gasteiger partial charge in [0.15, 0.2) is 17.4 Å². The lowest BCUT2D eigenvalue weighted by atomic mass is 9.87. The summed E-state index contributed by atoms with van der Waals surface area (Å²) in [5.41, 5.74) is 6.76. The Morgan fingerprint density at radius 1 is 1.03 bits per heavy atom. The largest absolute Gasteiger partial charge is 0.327 e. The summed E-state index contributed by atoms with van der Waals surface area (Å²) in [6.07, 6.45) is 11.2. The third kappa shape index (κ3) is 13.3. The molecule has 1 aromatic rings. The van der Waals surface area contributed by atoms with Crippen molar-refractivity contribution in [2.75, 3.05) is 0 Å². The quantitative estimate of drug-likeness (QED) is 0.228. The first-order valence-electron chi connectivity index (χ1n) is 11.4. The summed E-state index contributed by atoms with van der Waals surface area (Å²) in [6.45, 7) is 13.3. The van der Waals surface area contributed by atoms with Crippen LogP contribution in [0.4, 0.5) is 13.2 Å². The van der Waals surface area contributed by atoms with Crippen molar-refractivity contribution >= 4 is 12.0 Å². The molecule has 182 valence electrons. The molecule has 0 saturated heterocycles. The van der Waals surface area contributed by atoms with E-state index in [1.54, 1.807) is 25.3 Å². The Labute approximate surface area is 192 Å². The van der Waals surface area contributed by atoms with Gasteiger partial charge in [0.05, 0.1) is 0 Å². The van der Waals surface area contributed by atoms with Gasteiger partial charge in [0.25, 0.3) is 0 Å². The van der Waals surface area contributed by atoms with E-state index in [9.17, 15) is 18.0 Å². The molecule has 0 spiro atoms. The van der Waals surface area contributed by atoms with Crippen LogP contribution in [0.25, 0.3) is 0 Å². The number of hydrogen-bond donors (Lipinski definition) is 1. The van der Waals surface area contributed by atoms with Crippen LogP contribution in [-0.4, -0.2) is 18.0 Å². The lowest BCUT2D eigenvalue weighted by molar-refractivity contribution is -0.113. The summed E-state index contributed by atoms with van der Waals surface area (Å²) in [4.78, 5) is 14.7. The smallest absolute Gasteiger partial charge is 0.177 e. The Kier molecular flexibility index (Phi) is 19.5. The van der Waals surface area contributed by atoms with E-state index >= 15 is 0 Å². The maximum atomic E-state index is 13.6. The number of ketones is 1. The number of nitrogens with zero attached hydrogens (tertiary/aromatic N) is 1. The predicted molar refractivity (Wildman–Crippen MR) is 130 cm³/mol. The average molecular weight is 455 g/mol. The summed E-state index contributed by atoms with van der Waals surface area (Å²) in [6, 6.07) is 1.28. The third-order valence-electron chi connectivity index (χ3n) is 4.60. The van der Waals surface area contributed by atoms with E-state index in [0.717, 1.165) is 31.7 Å². The highest BCUT2D eigenvalue weighted by Gasteiger charge is 2.19. The zero-order valence-electron chi connectivity index (χ0n) is 20.7. The molecule has 3 nitrogen and oxygen atoms in total. The fourth-order valence-electron chi connectivity index (χ4n) is 3.03. The number of carbonyl (C=O) groups excluding carboxylic acids is 1. The van der Waals surface area contributed by atoms with E-state index in [0.29, 0.717) is 17.7 Å². The second kappa shape index (κ2) is 19.5. The normalized spacial score (nSPS) is 12.4. The molecule has 32 heavy (non-hydrogen) atoms. The first-order valence-corrected chi connectivity index (χ1v) is 11.4. The number of carbonyl (C=O) groups is 1. The molecule has 0 heterocycles. The Morgan fingerprint density at radius 2 is 1.56 bits per heavy atom. The Bertz CT molecular complexity index is 737. The van der Waals surface area contributed by atoms with Gasteiger partial charge in [-0.1, -0.05) is 52.7 Å². The minimum Gasteiger partial charge on any atom is -0.327 e. The number of halogens is 3. The van der Waals surface area contributed by atoms with Crippen molar-refractivity contribution < 1.29 is 18.0 Å². The number of rotatable bonds is 10. The van der Waals surface area contributed by atoms with Crippen LogP contribution in [0, 0.1) is 23.4 Å². The van der Waals surface area contributed by atoms with Crippen molar-refractivity contribution in [1.82, 2.24) is 0 Å². The van der Waals surface area contributed by atoms with Crippen LogP contribution in [0.2, 0.25) is 0 Å². The van der Waals surface area contributed by atoms with Gasteiger partial charge in [0.2, 0.25) is 0 Å². The molecule has 6 heteroatoms. The molecule has 1 atom stereocenters. The van der Waals surface area contributed by atoms with Crippen LogP contribution in [0.3, 0.4) is 0 Å². The SMILES string of the molecule is CC.CCCC(CCC)C(N)Cc1cc(F)c(F)cc1F.C\C=C/C=N\C(=C/C)C(C)=O. The van der Waals surface area contributed by atoms with E-state index in [2.05, 4.69) is 18.8 Å². The Hall–Kier alpha value is -2.21. The number of hydrogen-bond acceptors (Lipinski definition) is 3. The molecule has 0 aliphatic heterocycles. The zero-order valence-corrected chi connectivity index (χ0v) is 20.7.